The summed E-state index contributed by atoms with van der Waals surface area (Å²) in [5.41, 5.74) is 1.30. The van der Waals surface area contributed by atoms with Crippen LogP contribution in [0.1, 0.15) is 84.6 Å². The summed E-state index contributed by atoms with van der Waals surface area (Å²) in [5, 5.41) is 0. The molecule has 0 N–H and O–H groups in total. The molecule has 5 saturated heterocycles. The van der Waals surface area contributed by atoms with Gasteiger partial charge in [-0.1, -0.05) is 51.1 Å². The number of amides is 3. The van der Waals surface area contributed by atoms with Gasteiger partial charge in [-0.3, -0.25) is 9.69 Å². The summed E-state index contributed by atoms with van der Waals surface area (Å²) in [7, 11) is 0. The molecule has 0 saturated carbocycles. The molecule has 1 aromatic rings. The Kier molecular flexibility index (Phi) is 7.90. The molecule has 226 valence electrons. The number of rotatable bonds is 7. The molecular weight excluding hydrogens is 512 g/mol. The highest BCUT2D eigenvalue weighted by Gasteiger charge is 2.58. The monoisotopic (exact) mass is 564 g/mol. The van der Waals surface area contributed by atoms with Crippen molar-refractivity contribution >= 4 is 11.9 Å². The number of urea groups is 1. The number of hydrogen-bond donors (Lipinski definition) is 0. The van der Waals surface area contributed by atoms with Gasteiger partial charge in [0.05, 0.1) is 12.1 Å². The number of carbonyl (C=O) groups is 2. The van der Waals surface area contributed by atoms with Crippen molar-refractivity contribution in [3.8, 4) is 0 Å². The number of carbonyl (C=O) groups excluding carboxylic acids is 2. The minimum absolute atomic E-state index is 0.00259. The van der Waals surface area contributed by atoms with Crippen LogP contribution in [0.4, 0.5) is 4.79 Å². The van der Waals surface area contributed by atoms with Crippen molar-refractivity contribution in [1.29, 1.82) is 0 Å². The van der Waals surface area contributed by atoms with E-state index in [0.29, 0.717) is 42.2 Å². The Labute approximate surface area is 247 Å². The maximum Gasteiger partial charge on any atom is 0.320 e. The first-order valence-electron chi connectivity index (χ1n) is 16.3. The van der Waals surface area contributed by atoms with Crippen LogP contribution in [0.2, 0.25) is 0 Å². The van der Waals surface area contributed by atoms with E-state index in [1.165, 1.54) is 18.4 Å². The highest BCUT2D eigenvalue weighted by molar-refractivity contribution is 5.79. The van der Waals surface area contributed by atoms with Crippen molar-refractivity contribution in [2.45, 2.75) is 103 Å². The first-order chi connectivity index (χ1) is 19.5. The quantitative estimate of drug-likeness (QED) is 0.456. The Balaban J connectivity index is 1.19. The molecule has 5 aliphatic rings. The van der Waals surface area contributed by atoms with Gasteiger partial charge in [-0.25, -0.2) is 4.79 Å². The van der Waals surface area contributed by atoms with Gasteiger partial charge in [-0.05, 0) is 62.8 Å². The van der Waals surface area contributed by atoms with Crippen LogP contribution in [-0.2, 0) is 9.53 Å². The van der Waals surface area contributed by atoms with Crippen LogP contribution in [0.5, 0.6) is 0 Å². The van der Waals surface area contributed by atoms with Crippen LogP contribution in [0.15, 0.2) is 30.3 Å². The highest BCUT2D eigenvalue weighted by atomic mass is 16.5. The third kappa shape index (κ3) is 5.78. The van der Waals surface area contributed by atoms with Crippen molar-refractivity contribution in [3.05, 3.63) is 35.9 Å². The van der Waals surface area contributed by atoms with Crippen LogP contribution < -0.4 is 0 Å². The summed E-state index contributed by atoms with van der Waals surface area (Å²) in [6, 6.07) is 12.3. The van der Waals surface area contributed by atoms with E-state index in [1.807, 2.05) is 0 Å². The number of likely N-dealkylation sites (tertiary alicyclic amines) is 1. The fraction of sp³-hybridized carbons (Fsp3) is 0.765. The Morgan fingerprint density at radius 1 is 1.02 bits per heavy atom. The van der Waals surface area contributed by atoms with Crippen LogP contribution in [-0.4, -0.2) is 101 Å². The van der Waals surface area contributed by atoms with Gasteiger partial charge in [0.2, 0.25) is 5.91 Å². The topological polar surface area (TPSA) is 56.3 Å². The van der Waals surface area contributed by atoms with E-state index in [9.17, 15) is 9.59 Å². The van der Waals surface area contributed by atoms with Gasteiger partial charge in [0, 0.05) is 75.7 Å². The van der Waals surface area contributed by atoms with Crippen molar-refractivity contribution in [1.82, 2.24) is 19.6 Å². The van der Waals surface area contributed by atoms with Crippen molar-refractivity contribution in [2.75, 3.05) is 45.9 Å². The van der Waals surface area contributed by atoms with E-state index in [2.05, 4.69) is 84.6 Å². The van der Waals surface area contributed by atoms with Gasteiger partial charge in [0.25, 0.3) is 0 Å². The molecule has 5 aliphatic heterocycles. The smallest absolute Gasteiger partial charge is 0.320 e. The standard InChI is InChI=1S/C34H52N4O3/c1-24(2)38-32(40)36(18-25-13-14-41-22-25)23-34(38)15-28-11-12-29(16-34)37(28)20-27-19-35(31(39)17-33(3,4)5)21-30(27)26-9-7-6-8-10-26/h6-10,24-25,27-30H,11-23H2,1-5H3/t25?,27-,28?,29?,30-,34?/m1/s1. The summed E-state index contributed by atoms with van der Waals surface area (Å²) < 4.78 is 5.64. The number of hydrogen-bond acceptors (Lipinski definition) is 4. The predicted octanol–water partition coefficient (Wildman–Crippen LogP) is 5.21. The number of ether oxygens (including phenoxy) is 1. The van der Waals surface area contributed by atoms with Gasteiger partial charge in [-0.2, -0.15) is 0 Å². The maximum absolute atomic E-state index is 13.8. The van der Waals surface area contributed by atoms with Gasteiger partial charge in [0.15, 0.2) is 0 Å². The lowest BCUT2D eigenvalue weighted by Crippen LogP contribution is -2.60. The summed E-state index contributed by atoms with van der Waals surface area (Å²) in [6.45, 7) is 16.9. The molecule has 41 heavy (non-hydrogen) atoms. The molecule has 7 nitrogen and oxygen atoms in total. The zero-order valence-corrected chi connectivity index (χ0v) is 26.1. The summed E-state index contributed by atoms with van der Waals surface area (Å²) in [6.07, 6.45) is 6.25. The zero-order valence-electron chi connectivity index (χ0n) is 26.1. The highest BCUT2D eigenvalue weighted by Crippen LogP contribution is 2.49. The van der Waals surface area contributed by atoms with Crippen LogP contribution >= 0.6 is 0 Å². The van der Waals surface area contributed by atoms with E-state index >= 15 is 0 Å². The molecule has 1 aromatic carbocycles. The lowest BCUT2D eigenvalue weighted by Gasteiger charge is -2.50. The summed E-state index contributed by atoms with van der Waals surface area (Å²) in [5.74, 6) is 1.58. The van der Waals surface area contributed by atoms with E-state index in [4.69, 9.17) is 4.74 Å². The molecule has 0 aliphatic carbocycles. The fourth-order valence-corrected chi connectivity index (χ4v) is 9.02. The van der Waals surface area contributed by atoms with Crippen LogP contribution in [0, 0.1) is 17.3 Å². The molecule has 2 bridgehead atoms. The molecule has 6 rings (SSSR count). The van der Waals surface area contributed by atoms with Gasteiger partial charge in [-0.15, -0.1) is 0 Å². The third-order valence-corrected chi connectivity index (χ3v) is 10.6. The first-order valence-corrected chi connectivity index (χ1v) is 16.3. The first kappa shape index (κ1) is 29.0. The Morgan fingerprint density at radius 2 is 1.73 bits per heavy atom. The minimum Gasteiger partial charge on any atom is -0.381 e. The number of benzene rings is 1. The number of fused-ring (bicyclic) bond motifs is 2. The second-order valence-corrected chi connectivity index (χ2v) is 15.4. The molecular formula is C34H52N4O3. The van der Waals surface area contributed by atoms with E-state index in [0.717, 1.165) is 65.2 Å². The minimum atomic E-state index is -0.0593. The largest absolute Gasteiger partial charge is 0.381 e. The molecule has 0 radical (unpaired) electrons. The second-order valence-electron chi connectivity index (χ2n) is 15.4. The number of nitrogens with zero attached hydrogens (tertiary/aromatic N) is 4. The molecule has 7 heteroatoms. The van der Waals surface area contributed by atoms with E-state index in [1.54, 1.807) is 0 Å². The Morgan fingerprint density at radius 3 is 2.34 bits per heavy atom. The normalized spacial score (nSPS) is 34.1. The van der Waals surface area contributed by atoms with E-state index in [-0.39, 0.29) is 23.0 Å². The lowest BCUT2D eigenvalue weighted by atomic mass is 9.80. The molecule has 3 amide bonds. The predicted molar refractivity (Wildman–Crippen MR) is 162 cm³/mol. The molecule has 3 unspecified atom stereocenters. The molecule has 1 spiro atoms. The average Bonchev–Trinajstić information content (AvgIpc) is 3.67. The van der Waals surface area contributed by atoms with Crippen molar-refractivity contribution in [3.63, 3.8) is 0 Å². The van der Waals surface area contributed by atoms with E-state index < -0.39 is 0 Å². The SMILES string of the molecule is CC(C)N1C(=O)N(CC2CCOC2)CC12CC1CCC(C2)N1C[C@H]1CN(C(=O)CC(C)(C)C)C[C@@H]1c1ccccc1. The Bertz CT molecular complexity index is 1080. The average molecular weight is 565 g/mol. The maximum atomic E-state index is 13.8. The molecule has 5 heterocycles. The summed E-state index contributed by atoms with van der Waals surface area (Å²) in [4.78, 5) is 36.5. The van der Waals surface area contributed by atoms with Crippen LogP contribution in [0.3, 0.4) is 0 Å². The molecule has 5 fully saturated rings. The van der Waals surface area contributed by atoms with Gasteiger partial charge in [0.1, 0.15) is 0 Å². The third-order valence-electron chi connectivity index (χ3n) is 10.6. The van der Waals surface area contributed by atoms with Gasteiger partial charge < -0.3 is 19.4 Å². The van der Waals surface area contributed by atoms with Gasteiger partial charge >= 0.3 is 6.03 Å². The van der Waals surface area contributed by atoms with Crippen molar-refractivity contribution in [2.24, 2.45) is 17.3 Å². The number of piperidine rings is 1. The second kappa shape index (κ2) is 11.2. The zero-order chi connectivity index (χ0) is 28.9. The fourth-order valence-electron chi connectivity index (χ4n) is 9.02. The Hall–Kier alpha value is -2.12. The van der Waals surface area contributed by atoms with Crippen molar-refractivity contribution < 1.29 is 14.3 Å². The molecule has 5 atom stereocenters. The lowest BCUT2D eigenvalue weighted by molar-refractivity contribution is -0.132. The van der Waals surface area contributed by atoms with Crippen LogP contribution in [0.25, 0.3) is 0 Å². The molecule has 0 aromatic heterocycles. The summed E-state index contributed by atoms with van der Waals surface area (Å²) >= 11 is 0.